The number of nitrogens with zero attached hydrogens (tertiary/aromatic N) is 1. The zero-order valence-electron chi connectivity index (χ0n) is 27.9. The summed E-state index contributed by atoms with van der Waals surface area (Å²) in [6.07, 6.45) is 7.93. The van der Waals surface area contributed by atoms with Crippen LogP contribution in [0, 0.1) is 0 Å². The molecule has 9 rings (SSSR count). The van der Waals surface area contributed by atoms with Crippen LogP contribution in [0.15, 0.2) is 170 Å². The molecule has 0 saturated heterocycles. The van der Waals surface area contributed by atoms with E-state index in [1.54, 1.807) is 0 Å². The normalized spacial score (nSPS) is 15.9. The molecule has 2 heteroatoms. The van der Waals surface area contributed by atoms with Gasteiger partial charge in [-0.3, -0.25) is 0 Å². The molecule has 236 valence electrons. The van der Waals surface area contributed by atoms with Crippen molar-refractivity contribution < 1.29 is 0 Å². The topological polar surface area (TPSA) is 19.0 Å². The van der Waals surface area contributed by atoms with Gasteiger partial charge in [0.05, 0.1) is 6.04 Å². The fourth-order valence-electron chi connectivity index (χ4n) is 8.06. The van der Waals surface area contributed by atoms with Crippen molar-refractivity contribution in [3.05, 3.63) is 187 Å². The van der Waals surface area contributed by atoms with Crippen molar-refractivity contribution >= 4 is 27.9 Å². The fourth-order valence-corrected chi connectivity index (χ4v) is 8.06. The minimum atomic E-state index is -0.0810. The van der Waals surface area contributed by atoms with E-state index in [-0.39, 0.29) is 11.5 Å². The van der Waals surface area contributed by atoms with E-state index in [9.17, 15) is 0 Å². The quantitative estimate of drug-likeness (QED) is 0.194. The van der Waals surface area contributed by atoms with Crippen molar-refractivity contribution in [1.82, 2.24) is 4.98 Å². The smallest absolute Gasteiger partial charge is 0.111 e. The lowest BCUT2D eigenvalue weighted by Crippen LogP contribution is -2.30. The van der Waals surface area contributed by atoms with Gasteiger partial charge in [-0.25, -0.2) is 0 Å². The molecule has 0 aliphatic heterocycles. The molecule has 1 heterocycles. The molecule has 0 bridgehead atoms. The van der Waals surface area contributed by atoms with E-state index in [0.717, 1.165) is 23.6 Å². The van der Waals surface area contributed by atoms with Crippen molar-refractivity contribution in [3.8, 4) is 33.5 Å². The van der Waals surface area contributed by atoms with Gasteiger partial charge in [0.15, 0.2) is 0 Å². The minimum Gasteiger partial charge on any atom is -0.341 e. The predicted octanol–water partition coefficient (Wildman–Crippen LogP) is 12.4. The molecule has 2 nitrogen and oxygen atoms in total. The highest BCUT2D eigenvalue weighted by atomic mass is 15.2. The number of aromatic amines is 1. The Balaban J connectivity index is 1.17. The number of rotatable bonds is 6. The predicted molar refractivity (Wildman–Crippen MR) is 207 cm³/mol. The maximum absolute atomic E-state index is 3.97. The van der Waals surface area contributed by atoms with Crippen LogP contribution in [-0.2, 0) is 5.41 Å². The molecule has 0 amide bonds. The second kappa shape index (κ2) is 11.7. The van der Waals surface area contributed by atoms with Crippen molar-refractivity contribution in [2.24, 2.45) is 0 Å². The Kier molecular flexibility index (Phi) is 6.98. The van der Waals surface area contributed by atoms with Crippen LogP contribution >= 0.6 is 0 Å². The van der Waals surface area contributed by atoms with Crippen molar-refractivity contribution in [2.75, 3.05) is 4.90 Å². The molecular weight excluding hydrogens is 593 g/mol. The van der Waals surface area contributed by atoms with Crippen LogP contribution in [0.4, 0.5) is 11.5 Å². The molecule has 1 N–H and O–H groups in total. The van der Waals surface area contributed by atoms with Crippen molar-refractivity contribution in [3.63, 3.8) is 0 Å². The number of allylic oxidation sites excluding steroid dienone is 2. The van der Waals surface area contributed by atoms with Gasteiger partial charge in [0.25, 0.3) is 0 Å². The molecular formula is C47H38N2. The SMILES string of the molecule is CC1(C)c2ccccc2-c2c1cc1ccccc1c2-c1ccc(N(c2ccc(-c3ccccc3)cc2)[C@@H]2C=CC(c3ccccc3)=CC2)[nH]1. The van der Waals surface area contributed by atoms with Crippen LogP contribution in [0.1, 0.15) is 37.0 Å². The van der Waals surface area contributed by atoms with Gasteiger partial charge in [-0.2, -0.15) is 0 Å². The molecule has 49 heavy (non-hydrogen) atoms. The number of anilines is 2. The standard InChI is InChI=1S/C47H38N2/c1-47(2)41-20-12-11-19-40(41)45-42(47)31-36-17-9-10-18-39(36)46(45)43-29-30-44(48-43)49(37-25-21-34(22-26-37)32-13-5-3-6-14-32)38-27-23-35(24-28-38)33-15-7-4-8-16-33/h3-27,29-31,38,48H,28H2,1-2H3/t38-/m1/s1. The summed E-state index contributed by atoms with van der Waals surface area (Å²) >= 11 is 0. The van der Waals surface area contributed by atoms with Crippen LogP contribution in [0.25, 0.3) is 49.9 Å². The second-order valence-corrected chi connectivity index (χ2v) is 13.8. The first-order chi connectivity index (χ1) is 24.1. The van der Waals surface area contributed by atoms with E-state index in [1.807, 2.05) is 0 Å². The number of fused-ring (bicyclic) bond motifs is 4. The van der Waals surface area contributed by atoms with Gasteiger partial charge in [-0.15, -0.1) is 0 Å². The lowest BCUT2D eigenvalue weighted by atomic mass is 9.81. The summed E-state index contributed by atoms with van der Waals surface area (Å²) in [5.41, 5.74) is 13.9. The lowest BCUT2D eigenvalue weighted by Gasteiger charge is -2.32. The molecule has 7 aromatic rings. The molecule has 6 aromatic carbocycles. The molecule has 0 spiro atoms. The number of hydrogen-bond acceptors (Lipinski definition) is 1. The third-order valence-corrected chi connectivity index (χ3v) is 10.6. The van der Waals surface area contributed by atoms with Crippen LogP contribution in [0.5, 0.6) is 0 Å². The highest BCUT2D eigenvalue weighted by molar-refractivity contribution is 6.07. The average Bonchev–Trinajstić information content (AvgIpc) is 3.72. The molecule has 0 unspecified atom stereocenters. The molecule has 1 atom stereocenters. The van der Waals surface area contributed by atoms with Gasteiger partial charge in [0.2, 0.25) is 0 Å². The molecule has 2 aliphatic rings. The highest BCUT2D eigenvalue weighted by Gasteiger charge is 2.38. The van der Waals surface area contributed by atoms with Crippen molar-refractivity contribution in [1.29, 1.82) is 0 Å². The highest BCUT2D eigenvalue weighted by Crippen LogP contribution is 2.54. The lowest BCUT2D eigenvalue weighted by molar-refractivity contribution is 0.661. The summed E-state index contributed by atoms with van der Waals surface area (Å²) in [6.45, 7) is 4.73. The molecule has 2 aliphatic carbocycles. The van der Waals surface area contributed by atoms with Crippen LogP contribution in [0.3, 0.4) is 0 Å². The van der Waals surface area contributed by atoms with Gasteiger partial charge in [0, 0.05) is 22.4 Å². The second-order valence-electron chi connectivity index (χ2n) is 13.8. The Morgan fingerprint density at radius 1 is 0.612 bits per heavy atom. The van der Waals surface area contributed by atoms with Crippen LogP contribution in [-0.4, -0.2) is 11.0 Å². The first kappa shape index (κ1) is 29.3. The summed E-state index contributed by atoms with van der Waals surface area (Å²) in [6, 6.07) is 55.3. The fraction of sp³-hybridized carbons (Fsp3) is 0.106. The minimum absolute atomic E-state index is 0.0810. The number of nitrogens with one attached hydrogen (secondary N) is 1. The van der Waals surface area contributed by atoms with Crippen LogP contribution < -0.4 is 4.90 Å². The Morgan fingerprint density at radius 2 is 1.29 bits per heavy atom. The zero-order valence-corrected chi connectivity index (χ0v) is 27.9. The Bertz CT molecular complexity index is 2370. The summed E-state index contributed by atoms with van der Waals surface area (Å²) in [4.78, 5) is 6.43. The largest absolute Gasteiger partial charge is 0.341 e. The van der Waals surface area contributed by atoms with Gasteiger partial charge >= 0.3 is 0 Å². The van der Waals surface area contributed by atoms with Crippen LogP contribution in [0.2, 0.25) is 0 Å². The van der Waals surface area contributed by atoms with Gasteiger partial charge in [-0.1, -0.05) is 153 Å². The Labute approximate surface area is 288 Å². The first-order valence-electron chi connectivity index (χ1n) is 17.3. The molecule has 1 aromatic heterocycles. The number of benzene rings is 6. The third kappa shape index (κ3) is 4.95. The average molecular weight is 631 g/mol. The number of aromatic nitrogens is 1. The van der Waals surface area contributed by atoms with E-state index >= 15 is 0 Å². The number of hydrogen-bond donors (Lipinski definition) is 1. The Hall–Kier alpha value is -5.86. The monoisotopic (exact) mass is 630 g/mol. The summed E-state index contributed by atoms with van der Waals surface area (Å²) in [5.74, 6) is 1.08. The maximum Gasteiger partial charge on any atom is 0.111 e. The van der Waals surface area contributed by atoms with E-state index in [2.05, 4.69) is 194 Å². The number of H-pyrrole nitrogens is 1. The zero-order chi connectivity index (χ0) is 33.0. The molecule has 0 saturated carbocycles. The van der Waals surface area contributed by atoms with E-state index in [4.69, 9.17) is 0 Å². The van der Waals surface area contributed by atoms with E-state index in [1.165, 1.54) is 60.9 Å². The van der Waals surface area contributed by atoms with Gasteiger partial charge < -0.3 is 9.88 Å². The molecule has 0 fully saturated rings. The van der Waals surface area contributed by atoms with Gasteiger partial charge in [0.1, 0.15) is 5.82 Å². The van der Waals surface area contributed by atoms with Crippen molar-refractivity contribution in [2.45, 2.75) is 31.7 Å². The Morgan fingerprint density at radius 3 is 2.04 bits per heavy atom. The third-order valence-electron chi connectivity index (χ3n) is 10.6. The summed E-state index contributed by atoms with van der Waals surface area (Å²) in [5, 5.41) is 2.55. The first-order valence-corrected chi connectivity index (χ1v) is 17.3. The van der Waals surface area contributed by atoms with Gasteiger partial charge in [-0.05, 0) is 92.0 Å². The summed E-state index contributed by atoms with van der Waals surface area (Å²) in [7, 11) is 0. The summed E-state index contributed by atoms with van der Waals surface area (Å²) < 4.78 is 0. The van der Waals surface area contributed by atoms with E-state index in [0.29, 0.717) is 0 Å². The van der Waals surface area contributed by atoms with E-state index < -0.39 is 0 Å². The molecule has 0 radical (unpaired) electrons. The maximum atomic E-state index is 3.97.